The van der Waals surface area contributed by atoms with Gasteiger partial charge >= 0.3 is 0 Å². The van der Waals surface area contributed by atoms with Crippen molar-refractivity contribution < 1.29 is 4.42 Å². The predicted octanol–water partition coefficient (Wildman–Crippen LogP) is 5.01. The topological polar surface area (TPSA) is 89.6 Å². The molecular formula is C22H15ClN6O. The normalized spacial score (nSPS) is 11.0. The molecule has 0 fully saturated rings. The molecule has 146 valence electrons. The Balaban J connectivity index is 1.52. The molecule has 5 rings (SSSR count). The fourth-order valence-electron chi connectivity index (χ4n) is 3.05. The summed E-state index contributed by atoms with van der Waals surface area (Å²) in [5.41, 5.74) is 2.55. The van der Waals surface area contributed by atoms with Crippen molar-refractivity contribution in [2.75, 3.05) is 5.32 Å². The number of fused-ring (bicyclic) bond motifs is 1. The predicted molar refractivity (Wildman–Crippen MR) is 115 cm³/mol. The molecule has 0 saturated heterocycles. The first-order valence-corrected chi connectivity index (χ1v) is 9.63. The van der Waals surface area contributed by atoms with Crippen LogP contribution in [0, 0.1) is 0 Å². The van der Waals surface area contributed by atoms with E-state index in [4.69, 9.17) is 16.0 Å². The van der Waals surface area contributed by atoms with Crippen LogP contribution in [0.3, 0.4) is 0 Å². The van der Waals surface area contributed by atoms with Gasteiger partial charge in [0.05, 0.1) is 5.52 Å². The van der Waals surface area contributed by atoms with Gasteiger partial charge in [0.2, 0.25) is 11.7 Å². The molecule has 0 atom stereocenters. The molecule has 3 heterocycles. The summed E-state index contributed by atoms with van der Waals surface area (Å²) in [5.74, 6) is 1.62. The zero-order chi connectivity index (χ0) is 20.3. The molecule has 1 N–H and O–H groups in total. The minimum absolute atomic E-state index is 0.236. The third-order valence-corrected chi connectivity index (χ3v) is 4.71. The van der Waals surface area contributed by atoms with Gasteiger partial charge in [-0.2, -0.15) is 0 Å². The lowest BCUT2D eigenvalue weighted by molar-refractivity contribution is 0.579. The van der Waals surface area contributed by atoms with Gasteiger partial charge in [0, 0.05) is 34.9 Å². The van der Waals surface area contributed by atoms with Crippen LogP contribution in [0.4, 0.5) is 5.82 Å². The SMILES string of the molecule is Clc1cccc(-c2nnc(-c3nc(NCc4cccnc4)c4ccccc4n3)o2)c1. The molecule has 0 bridgehead atoms. The highest BCUT2D eigenvalue weighted by Gasteiger charge is 2.16. The molecular weight excluding hydrogens is 400 g/mol. The molecule has 0 unspecified atom stereocenters. The Morgan fingerprint density at radius 1 is 0.900 bits per heavy atom. The fraction of sp³-hybridized carbons (Fsp3) is 0.0455. The lowest BCUT2D eigenvalue weighted by Gasteiger charge is -2.09. The van der Waals surface area contributed by atoms with Crippen LogP contribution in [-0.4, -0.2) is 25.1 Å². The summed E-state index contributed by atoms with van der Waals surface area (Å²) >= 11 is 6.06. The van der Waals surface area contributed by atoms with E-state index >= 15 is 0 Å². The van der Waals surface area contributed by atoms with Gasteiger partial charge in [-0.1, -0.05) is 35.9 Å². The zero-order valence-corrected chi connectivity index (χ0v) is 16.4. The molecule has 0 aliphatic heterocycles. The van der Waals surface area contributed by atoms with E-state index in [1.54, 1.807) is 18.3 Å². The zero-order valence-electron chi connectivity index (χ0n) is 15.7. The standard InChI is InChI=1S/C22H15ClN6O/c23-16-7-3-6-15(11-16)21-28-29-22(30-21)20-26-18-9-2-1-8-17(18)19(27-20)25-13-14-5-4-10-24-12-14/h1-12H,13H2,(H,25,26,27). The first-order chi connectivity index (χ1) is 14.8. The van der Waals surface area contributed by atoms with Crippen molar-refractivity contribution in [2.45, 2.75) is 6.54 Å². The number of benzene rings is 2. The molecule has 0 radical (unpaired) electrons. The van der Waals surface area contributed by atoms with Crippen molar-refractivity contribution in [3.63, 3.8) is 0 Å². The number of nitrogens with zero attached hydrogens (tertiary/aromatic N) is 5. The van der Waals surface area contributed by atoms with E-state index in [0.29, 0.717) is 29.1 Å². The minimum atomic E-state index is 0.236. The Kier molecular flexibility index (Phi) is 4.78. The van der Waals surface area contributed by atoms with Crippen LogP contribution in [0.5, 0.6) is 0 Å². The molecule has 0 aliphatic carbocycles. The Labute approximate surface area is 176 Å². The van der Waals surface area contributed by atoms with E-state index in [9.17, 15) is 0 Å². The molecule has 0 saturated carbocycles. The summed E-state index contributed by atoms with van der Waals surface area (Å²) in [7, 11) is 0. The number of para-hydroxylation sites is 1. The highest BCUT2D eigenvalue weighted by molar-refractivity contribution is 6.30. The Hall–Kier alpha value is -3.84. The summed E-state index contributed by atoms with van der Waals surface area (Å²) in [6, 6.07) is 18.9. The monoisotopic (exact) mass is 414 g/mol. The van der Waals surface area contributed by atoms with Crippen molar-refractivity contribution in [1.82, 2.24) is 25.1 Å². The molecule has 5 aromatic rings. The Bertz CT molecular complexity index is 1320. The lowest BCUT2D eigenvalue weighted by atomic mass is 10.2. The van der Waals surface area contributed by atoms with Crippen LogP contribution in [0.1, 0.15) is 5.56 Å². The van der Waals surface area contributed by atoms with Crippen LogP contribution >= 0.6 is 11.6 Å². The summed E-state index contributed by atoms with van der Waals surface area (Å²) in [4.78, 5) is 13.4. The molecule has 8 heteroatoms. The van der Waals surface area contributed by atoms with Gasteiger partial charge in [-0.15, -0.1) is 10.2 Å². The second-order valence-corrected chi connectivity index (χ2v) is 6.99. The Morgan fingerprint density at radius 2 is 1.80 bits per heavy atom. The van der Waals surface area contributed by atoms with Crippen LogP contribution in [0.15, 0.2) is 77.5 Å². The van der Waals surface area contributed by atoms with E-state index < -0.39 is 0 Å². The number of nitrogens with one attached hydrogen (secondary N) is 1. The van der Waals surface area contributed by atoms with Gasteiger partial charge in [-0.05, 0) is 42.0 Å². The third kappa shape index (κ3) is 3.70. The smallest absolute Gasteiger partial charge is 0.286 e. The van der Waals surface area contributed by atoms with Crippen molar-refractivity contribution in [3.05, 3.63) is 83.6 Å². The van der Waals surface area contributed by atoms with Crippen molar-refractivity contribution in [2.24, 2.45) is 0 Å². The largest absolute Gasteiger partial charge is 0.413 e. The molecule has 7 nitrogen and oxygen atoms in total. The summed E-state index contributed by atoms with van der Waals surface area (Å²) in [6.07, 6.45) is 3.56. The van der Waals surface area contributed by atoms with E-state index in [0.717, 1.165) is 22.0 Å². The van der Waals surface area contributed by atoms with Gasteiger partial charge in [0.1, 0.15) is 5.82 Å². The number of halogens is 1. The number of pyridine rings is 1. The van der Waals surface area contributed by atoms with Crippen LogP contribution < -0.4 is 5.32 Å². The van der Waals surface area contributed by atoms with Gasteiger partial charge in [0.15, 0.2) is 0 Å². The van der Waals surface area contributed by atoms with E-state index in [1.807, 2.05) is 54.7 Å². The molecule has 0 amide bonds. The van der Waals surface area contributed by atoms with Gasteiger partial charge in [-0.3, -0.25) is 4.98 Å². The second-order valence-electron chi connectivity index (χ2n) is 6.55. The maximum atomic E-state index is 6.06. The highest BCUT2D eigenvalue weighted by atomic mass is 35.5. The van der Waals surface area contributed by atoms with Gasteiger partial charge < -0.3 is 9.73 Å². The second kappa shape index (κ2) is 7.88. The van der Waals surface area contributed by atoms with Gasteiger partial charge in [-0.25, -0.2) is 9.97 Å². The van der Waals surface area contributed by atoms with Crippen molar-refractivity contribution in [3.8, 4) is 23.2 Å². The third-order valence-electron chi connectivity index (χ3n) is 4.47. The van der Waals surface area contributed by atoms with E-state index in [1.165, 1.54) is 0 Å². The van der Waals surface area contributed by atoms with E-state index in [2.05, 4.69) is 30.5 Å². The maximum absolute atomic E-state index is 6.06. The van der Waals surface area contributed by atoms with Crippen LogP contribution in [-0.2, 0) is 6.54 Å². The molecule has 3 aromatic heterocycles. The van der Waals surface area contributed by atoms with Crippen LogP contribution in [0.25, 0.3) is 34.1 Å². The summed E-state index contributed by atoms with van der Waals surface area (Å²) in [5, 5.41) is 13.1. The first-order valence-electron chi connectivity index (χ1n) is 9.26. The van der Waals surface area contributed by atoms with Gasteiger partial charge in [0.25, 0.3) is 5.89 Å². The molecule has 0 aliphatic rings. The first kappa shape index (κ1) is 18.2. The quantitative estimate of drug-likeness (QED) is 0.432. The Morgan fingerprint density at radius 3 is 2.67 bits per heavy atom. The highest BCUT2D eigenvalue weighted by Crippen LogP contribution is 2.27. The number of hydrogen-bond donors (Lipinski definition) is 1. The maximum Gasteiger partial charge on any atom is 0.286 e. The molecule has 30 heavy (non-hydrogen) atoms. The average Bonchev–Trinajstić information content (AvgIpc) is 3.28. The van der Waals surface area contributed by atoms with Crippen LogP contribution in [0.2, 0.25) is 5.02 Å². The number of hydrogen-bond acceptors (Lipinski definition) is 7. The molecule has 0 spiro atoms. The van der Waals surface area contributed by atoms with Crippen molar-refractivity contribution >= 4 is 28.3 Å². The summed E-state index contributed by atoms with van der Waals surface area (Å²) < 4.78 is 5.83. The van der Waals surface area contributed by atoms with E-state index in [-0.39, 0.29) is 5.89 Å². The number of anilines is 1. The number of rotatable bonds is 5. The lowest BCUT2D eigenvalue weighted by Crippen LogP contribution is -2.04. The van der Waals surface area contributed by atoms with Crippen molar-refractivity contribution in [1.29, 1.82) is 0 Å². The number of aromatic nitrogens is 5. The average molecular weight is 415 g/mol. The summed E-state index contributed by atoms with van der Waals surface area (Å²) in [6.45, 7) is 0.575. The molecule has 2 aromatic carbocycles. The fourth-order valence-corrected chi connectivity index (χ4v) is 3.24. The minimum Gasteiger partial charge on any atom is -0.413 e.